The van der Waals surface area contributed by atoms with E-state index in [4.69, 9.17) is 0 Å². The van der Waals surface area contributed by atoms with Crippen molar-refractivity contribution in [2.45, 2.75) is 6.92 Å². The van der Waals surface area contributed by atoms with E-state index in [-0.39, 0.29) is 5.56 Å². The summed E-state index contributed by atoms with van der Waals surface area (Å²) >= 11 is 1.37. The summed E-state index contributed by atoms with van der Waals surface area (Å²) in [6.07, 6.45) is 1.89. The molecule has 0 spiro atoms. The van der Waals surface area contributed by atoms with Gasteiger partial charge in [0.2, 0.25) is 4.96 Å². The maximum absolute atomic E-state index is 12.7. The van der Waals surface area contributed by atoms with Crippen molar-refractivity contribution in [3.63, 3.8) is 0 Å². The number of rotatable bonds is 2. The average molecular weight is 369 g/mol. The van der Waals surface area contributed by atoms with E-state index in [1.165, 1.54) is 21.4 Å². The van der Waals surface area contributed by atoms with Crippen molar-refractivity contribution < 1.29 is 0 Å². The number of thiazole rings is 1. The Morgan fingerprint density at radius 2 is 1.74 bits per heavy atom. The third-order valence-electron chi connectivity index (χ3n) is 4.59. The summed E-state index contributed by atoms with van der Waals surface area (Å²) in [6, 6.07) is 22.2. The Morgan fingerprint density at radius 3 is 2.56 bits per heavy atom. The molecule has 0 radical (unpaired) electrons. The Labute approximate surface area is 159 Å². The molecule has 27 heavy (non-hydrogen) atoms. The second-order valence-electron chi connectivity index (χ2n) is 6.48. The van der Waals surface area contributed by atoms with E-state index in [1.807, 2.05) is 61.5 Å². The van der Waals surface area contributed by atoms with Crippen LogP contribution in [0, 0.1) is 6.92 Å². The molecule has 2 heterocycles. The first-order chi connectivity index (χ1) is 13.2. The maximum Gasteiger partial charge on any atom is 0.291 e. The van der Waals surface area contributed by atoms with E-state index in [2.05, 4.69) is 28.3 Å². The summed E-state index contributed by atoms with van der Waals surface area (Å²) in [4.78, 5) is 18.0. The fraction of sp³-hybridized carbons (Fsp3) is 0.0455. The van der Waals surface area contributed by atoms with Gasteiger partial charge in [-0.3, -0.25) is 4.79 Å². The third kappa shape index (κ3) is 2.73. The molecule has 5 aromatic rings. The lowest BCUT2D eigenvalue weighted by molar-refractivity contribution is 0.937. The van der Waals surface area contributed by atoms with Crippen LogP contribution in [0.25, 0.3) is 33.2 Å². The molecule has 0 bridgehead atoms. The molecule has 0 saturated heterocycles. The van der Waals surface area contributed by atoms with Gasteiger partial charge in [-0.05, 0) is 29.3 Å². The van der Waals surface area contributed by atoms with Crippen LogP contribution in [0.2, 0.25) is 0 Å². The van der Waals surface area contributed by atoms with Crippen LogP contribution in [-0.2, 0) is 0 Å². The number of aryl methyl sites for hydroxylation is 1. The topological polar surface area (TPSA) is 47.3 Å². The van der Waals surface area contributed by atoms with Crippen molar-refractivity contribution in [1.29, 1.82) is 0 Å². The highest BCUT2D eigenvalue weighted by Crippen LogP contribution is 2.26. The quantitative estimate of drug-likeness (QED) is 0.475. The van der Waals surface area contributed by atoms with Crippen LogP contribution in [-0.4, -0.2) is 14.6 Å². The van der Waals surface area contributed by atoms with Crippen LogP contribution in [0.4, 0.5) is 0 Å². The fourth-order valence-electron chi connectivity index (χ4n) is 3.18. The van der Waals surface area contributed by atoms with Crippen LogP contribution in [0.3, 0.4) is 0 Å². The van der Waals surface area contributed by atoms with Crippen LogP contribution in [0.15, 0.2) is 71.5 Å². The number of hydrogen-bond acceptors (Lipinski definition) is 4. The molecule has 0 saturated carbocycles. The SMILES string of the molecule is Cc1ccc(/C=c2\sc3nc(-c4cccc5ccccc45)nn3c2=O)cc1. The minimum atomic E-state index is -0.130. The Balaban J connectivity index is 1.65. The lowest BCUT2D eigenvalue weighted by atomic mass is 10.0. The van der Waals surface area contributed by atoms with E-state index < -0.39 is 0 Å². The molecule has 0 unspecified atom stereocenters. The molecule has 4 nitrogen and oxygen atoms in total. The smallest absolute Gasteiger partial charge is 0.266 e. The molecule has 0 fully saturated rings. The fourth-order valence-corrected chi connectivity index (χ4v) is 4.09. The van der Waals surface area contributed by atoms with E-state index in [0.717, 1.165) is 21.9 Å². The first-order valence-electron chi connectivity index (χ1n) is 8.65. The zero-order valence-electron chi connectivity index (χ0n) is 14.6. The first-order valence-corrected chi connectivity index (χ1v) is 9.47. The number of nitrogens with zero attached hydrogens (tertiary/aromatic N) is 3. The van der Waals surface area contributed by atoms with Crippen LogP contribution in [0.1, 0.15) is 11.1 Å². The Morgan fingerprint density at radius 1 is 0.963 bits per heavy atom. The zero-order valence-corrected chi connectivity index (χ0v) is 15.4. The van der Waals surface area contributed by atoms with Gasteiger partial charge in [-0.25, -0.2) is 0 Å². The summed E-state index contributed by atoms with van der Waals surface area (Å²) in [5.74, 6) is 0.581. The predicted octanol–water partition coefficient (Wildman–Crippen LogP) is 3.83. The first kappa shape index (κ1) is 15.9. The number of hydrogen-bond donors (Lipinski definition) is 0. The van der Waals surface area contributed by atoms with E-state index in [1.54, 1.807) is 0 Å². The Bertz CT molecular complexity index is 1390. The monoisotopic (exact) mass is 369 g/mol. The van der Waals surface area contributed by atoms with Gasteiger partial charge in [0, 0.05) is 5.56 Å². The van der Waals surface area contributed by atoms with Gasteiger partial charge >= 0.3 is 0 Å². The molecule has 5 heteroatoms. The molecule has 130 valence electrons. The van der Waals surface area contributed by atoms with Gasteiger partial charge < -0.3 is 0 Å². The zero-order chi connectivity index (χ0) is 18.4. The molecule has 2 aromatic heterocycles. The normalized spacial score (nSPS) is 12.3. The summed E-state index contributed by atoms with van der Waals surface area (Å²) in [5.41, 5.74) is 3.00. The van der Waals surface area contributed by atoms with E-state index in [9.17, 15) is 4.79 Å². The average Bonchev–Trinajstić information content (AvgIpc) is 3.23. The van der Waals surface area contributed by atoms with Crippen LogP contribution >= 0.6 is 11.3 Å². The Hall–Kier alpha value is -3.31. The number of benzene rings is 3. The van der Waals surface area contributed by atoms with Crippen LogP contribution in [0.5, 0.6) is 0 Å². The van der Waals surface area contributed by atoms with E-state index >= 15 is 0 Å². The van der Waals surface area contributed by atoms with Gasteiger partial charge in [0.1, 0.15) is 0 Å². The predicted molar refractivity (Wildman–Crippen MR) is 110 cm³/mol. The van der Waals surface area contributed by atoms with Gasteiger partial charge in [0.05, 0.1) is 4.53 Å². The van der Waals surface area contributed by atoms with Gasteiger partial charge in [0.25, 0.3) is 5.56 Å². The molecule has 0 N–H and O–H groups in total. The molecule has 0 aliphatic heterocycles. The molecule has 0 aliphatic rings. The molecule has 3 aromatic carbocycles. The van der Waals surface area contributed by atoms with Gasteiger partial charge in [-0.15, -0.1) is 5.10 Å². The minimum absolute atomic E-state index is 0.130. The molecular weight excluding hydrogens is 354 g/mol. The lowest BCUT2D eigenvalue weighted by Gasteiger charge is -2.01. The second kappa shape index (κ2) is 6.14. The highest BCUT2D eigenvalue weighted by Gasteiger charge is 2.13. The minimum Gasteiger partial charge on any atom is -0.266 e. The molecule has 0 amide bonds. The van der Waals surface area contributed by atoms with Gasteiger partial charge in [-0.1, -0.05) is 83.6 Å². The number of fused-ring (bicyclic) bond motifs is 2. The number of aromatic nitrogens is 3. The van der Waals surface area contributed by atoms with Crippen molar-refractivity contribution in [3.05, 3.63) is 92.7 Å². The van der Waals surface area contributed by atoms with Crippen molar-refractivity contribution in [1.82, 2.24) is 14.6 Å². The summed E-state index contributed by atoms with van der Waals surface area (Å²) in [7, 11) is 0. The van der Waals surface area contributed by atoms with Gasteiger partial charge in [0.15, 0.2) is 5.82 Å². The van der Waals surface area contributed by atoms with Crippen molar-refractivity contribution in [2.75, 3.05) is 0 Å². The summed E-state index contributed by atoms with van der Waals surface area (Å²) < 4.78 is 2.04. The summed E-state index contributed by atoms with van der Waals surface area (Å²) in [6.45, 7) is 2.04. The molecule has 0 atom stereocenters. The lowest BCUT2D eigenvalue weighted by Crippen LogP contribution is -2.23. The summed E-state index contributed by atoms with van der Waals surface area (Å²) in [5, 5.41) is 6.70. The van der Waals surface area contributed by atoms with Gasteiger partial charge in [-0.2, -0.15) is 9.50 Å². The second-order valence-corrected chi connectivity index (χ2v) is 7.49. The molecule has 5 rings (SSSR count). The Kier molecular flexibility index (Phi) is 3.62. The highest BCUT2D eigenvalue weighted by molar-refractivity contribution is 7.15. The van der Waals surface area contributed by atoms with Crippen molar-refractivity contribution >= 4 is 33.1 Å². The van der Waals surface area contributed by atoms with Crippen molar-refractivity contribution in [2.24, 2.45) is 0 Å². The van der Waals surface area contributed by atoms with Crippen LogP contribution < -0.4 is 10.1 Å². The molecular formula is C22H15N3OS. The highest BCUT2D eigenvalue weighted by atomic mass is 32.1. The molecule has 0 aliphatic carbocycles. The standard InChI is InChI=1S/C22H15N3OS/c1-14-9-11-15(12-10-14)13-19-21(26)25-22(27-19)23-20(24-25)18-8-4-6-16-5-2-3-7-17(16)18/h2-13H,1H3/b19-13-. The largest absolute Gasteiger partial charge is 0.291 e. The maximum atomic E-state index is 12.7. The van der Waals surface area contributed by atoms with Crippen molar-refractivity contribution in [3.8, 4) is 11.4 Å². The van der Waals surface area contributed by atoms with E-state index in [0.29, 0.717) is 15.3 Å². The third-order valence-corrected chi connectivity index (χ3v) is 5.55.